The van der Waals surface area contributed by atoms with Crippen molar-refractivity contribution in [1.82, 2.24) is 5.16 Å². The lowest BCUT2D eigenvalue weighted by atomic mass is 10.2. The van der Waals surface area contributed by atoms with Crippen LogP contribution < -0.4 is 4.74 Å². The molecule has 0 saturated heterocycles. The molecule has 0 fully saturated rings. The van der Waals surface area contributed by atoms with Gasteiger partial charge >= 0.3 is 0 Å². The van der Waals surface area contributed by atoms with Gasteiger partial charge in [-0.05, 0) is 12.1 Å². The summed E-state index contributed by atoms with van der Waals surface area (Å²) >= 11 is 3.41. The number of halogens is 1. The van der Waals surface area contributed by atoms with E-state index in [9.17, 15) is 0 Å². The molecule has 84 valence electrons. The molecule has 1 atom stereocenters. The van der Waals surface area contributed by atoms with Crippen molar-refractivity contribution in [1.29, 1.82) is 0 Å². The first-order valence-electron chi connectivity index (χ1n) is 5.08. The molecule has 0 radical (unpaired) electrons. The fourth-order valence-corrected chi connectivity index (χ4v) is 1.83. The molecule has 0 N–H and O–H groups in total. The number of aromatic nitrogens is 1. The van der Waals surface area contributed by atoms with Crippen LogP contribution in [0, 0.1) is 0 Å². The summed E-state index contributed by atoms with van der Waals surface area (Å²) in [5.41, 5.74) is 0. The van der Waals surface area contributed by atoms with E-state index in [0.29, 0.717) is 0 Å². The summed E-state index contributed by atoms with van der Waals surface area (Å²) < 4.78 is 11.0. The predicted octanol–water partition coefficient (Wildman–Crippen LogP) is 3.58. The first-order valence-corrected chi connectivity index (χ1v) is 6.20. The molecule has 1 heterocycles. The molecular formula is C12H12BrNO2. The van der Waals surface area contributed by atoms with E-state index >= 15 is 0 Å². The number of nitrogens with zero attached hydrogens (tertiary/aromatic N) is 1. The molecule has 16 heavy (non-hydrogen) atoms. The van der Waals surface area contributed by atoms with Gasteiger partial charge in [-0.25, -0.2) is 0 Å². The third-order valence-electron chi connectivity index (χ3n) is 2.17. The summed E-state index contributed by atoms with van der Waals surface area (Å²) in [6.07, 6.45) is 2.37. The molecule has 0 bridgehead atoms. The predicted molar refractivity (Wildman–Crippen MR) is 64.7 cm³/mol. The maximum Gasteiger partial charge on any atom is 0.177 e. The zero-order valence-corrected chi connectivity index (χ0v) is 10.3. The topological polar surface area (TPSA) is 35.3 Å². The number of alkyl halides is 1. The van der Waals surface area contributed by atoms with Crippen LogP contribution in [0.5, 0.6) is 5.75 Å². The highest BCUT2D eigenvalue weighted by molar-refractivity contribution is 9.09. The monoisotopic (exact) mass is 281 g/mol. The molecule has 0 aliphatic carbocycles. The molecule has 2 rings (SSSR count). The lowest BCUT2D eigenvalue weighted by Crippen LogP contribution is -2.07. The Labute approximate surface area is 103 Å². The summed E-state index contributed by atoms with van der Waals surface area (Å²) in [6, 6.07) is 11.5. The van der Waals surface area contributed by atoms with Crippen LogP contribution in [0.4, 0.5) is 0 Å². The fraction of sp³-hybridized carbons (Fsp3) is 0.250. The van der Waals surface area contributed by atoms with Crippen molar-refractivity contribution < 1.29 is 9.26 Å². The second kappa shape index (κ2) is 5.70. The van der Waals surface area contributed by atoms with Gasteiger partial charge in [0.25, 0.3) is 0 Å². The van der Waals surface area contributed by atoms with Crippen LogP contribution in [0.25, 0.3) is 0 Å². The van der Waals surface area contributed by atoms with Crippen molar-refractivity contribution in [2.24, 2.45) is 0 Å². The highest BCUT2D eigenvalue weighted by Gasteiger charge is 2.16. The van der Waals surface area contributed by atoms with Crippen LogP contribution in [0.2, 0.25) is 0 Å². The smallest absolute Gasteiger partial charge is 0.177 e. The van der Waals surface area contributed by atoms with E-state index in [1.165, 1.54) is 0 Å². The van der Waals surface area contributed by atoms with Gasteiger partial charge in [0.15, 0.2) is 11.9 Å². The molecule has 4 heteroatoms. The lowest BCUT2D eigenvalue weighted by Gasteiger charge is -2.15. The maximum atomic E-state index is 5.84. The normalized spacial score (nSPS) is 12.3. The highest BCUT2D eigenvalue weighted by atomic mass is 79.9. The van der Waals surface area contributed by atoms with Crippen LogP contribution in [-0.2, 0) is 0 Å². The zero-order valence-electron chi connectivity index (χ0n) is 8.67. The van der Waals surface area contributed by atoms with Gasteiger partial charge in [-0.1, -0.05) is 39.3 Å². The van der Waals surface area contributed by atoms with Gasteiger partial charge < -0.3 is 9.26 Å². The van der Waals surface area contributed by atoms with Crippen molar-refractivity contribution in [2.45, 2.75) is 12.5 Å². The molecule has 1 aromatic carbocycles. The lowest BCUT2D eigenvalue weighted by molar-refractivity contribution is 0.162. The molecule has 0 amide bonds. The second-order valence-electron chi connectivity index (χ2n) is 3.31. The Bertz CT molecular complexity index is 402. The Morgan fingerprint density at radius 2 is 2.06 bits per heavy atom. The van der Waals surface area contributed by atoms with Crippen molar-refractivity contribution >= 4 is 15.9 Å². The van der Waals surface area contributed by atoms with Crippen LogP contribution in [0.3, 0.4) is 0 Å². The van der Waals surface area contributed by atoms with E-state index < -0.39 is 0 Å². The van der Waals surface area contributed by atoms with E-state index in [1.54, 1.807) is 6.20 Å². The average Bonchev–Trinajstić information content (AvgIpc) is 2.83. The molecule has 0 aliphatic heterocycles. The minimum atomic E-state index is -0.0933. The average molecular weight is 282 g/mol. The molecule has 1 aromatic heterocycles. The van der Waals surface area contributed by atoms with Gasteiger partial charge in [-0.3, -0.25) is 0 Å². The molecule has 0 saturated carbocycles. The standard InChI is InChI=1S/C12H12BrNO2/c13-8-6-11(12-7-9-14-16-12)15-10-4-2-1-3-5-10/h1-5,7,9,11H,6,8H2. The molecule has 2 aromatic rings. The quantitative estimate of drug-likeness (QED) is 0.786. The van der Waals surface area contributed by atoms with E-state index in [4.69, 9.17) is 9.26 Å². The largest absolute Gasteiger partial charge is 0.482 e. The van der Waals surface area contributed by atoms with Gasteiger partial charge in [0.2, 0.25) is 0 Å². The van der Waals surface area contributed by atoms with Crippen LogP contribution in [0.15, 0.2) is 47.1 Å². The van der Waals surface area contributed by atoms with E-state index in [2.05, 4.69) is 21.1 Å². The third kappa shape index (κ3) is 2.85. The molecule has 0 aliphatic rings. The van der Waals surface area contributed by atoms with E-state index in [0.717, 1.165) is 23.3 Å². The second-order valence-corrected chi connectivity index (χ2v) is 4.11. The highest BCUT2D eigenvalue weighted by Crippen LogP contribution is 2.24. The summed E-state index contributed by atoms with van der Waals surface area (Å²) in [6.45, 7) is 0. The summed E-state index contributed by atoms with van der Waals surface area (Å²) in [7, 11) is 0. The minimum Gasteiger partial charge on any atom is -0.482 e. The van der Waals surface area contributed by atoms with Crippen molar-refractivity contribution in [3.05, 3.63) is 48.4 Å². The Morgan fingerprint density at radius 1 is 1.25 bits per heavy atom. The van der Waals surface area contributed by atoms with Gasteiger partial charge in [0.1, 0.15) is 5.75 Å². The van der Waals surface area contributed by atoms with E-state index in [1.807, 2.05) is 36.4 Å². The van der Waals surface area contributed by atoms with Gasteiger partial charge in [-0.15, -0.1) is 0 Å². The maximum absolute atomic E-state index is 5.84. The zero-order chi connectivity index (χ0) is 11.2. The van der Waals surface area contributed by atoms with Crippen LogP contribution in [0.1, 0.15) is 18.3 Å². The summed E-state index contributed by atoms with van der Waals surface area (Å²) in [5, 5.41) is 4.55. The molecular weight excluding hydrogens is 270 g/mol. The first kappa shape index (κ1) is 11.2. The van der Waals surface area contributed by atoms with Crippen molar-refractivity contribution in [3.63, 3.8) is 0 Å². The molecule has 0 spiro atoms. The Morgan fingerprint density at radius 3 is 2.69 bits per heavy atom. The number of rotatable bonds is 5. The molecule has 1 unspecified atom stereocenters. The third-order valence-corrected chi connectivity index (χ3v) is 2.63. The molecule has 3 nitrogen and oxygen atoms in total. The number of para-hydroxylation sites is 1. The van der Waals surface area contributed by atoms with Crippen LogP contribution >= 0.6 is 15.9 Å². The summed E-state index contributed by atoms with van der Waals surface area (Å²) in [5.74, 6) is 1.59. The minimum absolute atomic E-state index is 0.0933. The number of hydrogen-bond acceptors (Lipinski definition) is 3. The SMILES string of the molecule is BrCCC(Oc1ccccc1)c1ccno1. The number of hydrogen-bond donors (Lipinski definition) is 0. The van der Waals surface area contributed by atoms with Crippen molar-refractivity contribution in [2.75, 3.05) is 5.33 Å². The fourth-order valence-electron chi connectivity index (χ4n) is 1.41. The Hall–Kier alpha value is -1.29. The van der Waals surface area contributed by atoms with Gasteiger partial charge in [0, 0.05) is 17.8 Å². The number of benzene rings is 1. The van der Waals surface area contributed by atoms with Crippen molar-refractivity contribution in [3.8, 4) is 5.75 Å². The first-order chi connectivity index (χ1) is 7.90. The van der Waals surface area contributed by atoms with Gasteiger partial charge in [-0.2, -0.15) is 0 Å². The number of ether oxygens (including phenoxy) is 1. The summed E-state index contributed by atoms with van der Waals surface area (Å²) in [4.78, 5) is 0. The van der Waals surface area contributed by atoms with E-state index in [-0.39, 0.29) is 6.10 Å². The Kier molecular flexibility index (Phi) is 3.99. The van der Waals surface area contributed by atoms with Crippen LogP contribution in [-0.4, -0.2) is 10.5 Å². The Balaban J connectivity index is 2.09. The van der Waals surface area contributed by atoms with Gasteiger partial charge in [0.05, 0.1) is 6.20 Å².